The summed E-state index contributed by atoms with van der Waals surface area (Å²) in [7, 11) is 0. The summed E-state index contributed by atoms with van der Waals surface area (Å²) < 4.78 is 25.2. The molecule has 202 valence electrons. The van der Waals surface area contributed by atoms with E-state index in [-0.39, 0.29) is 6.61 Å². The number of nitrogens with zero attached hydrogens (tertiary/aromatic N) is 5. The van der Waals surface area contributed by atoms with Gasteiger partial charge in [0.05, 0.1) is 11.2 Å². The molecule has 0 radical (unpaired) electrons. The molecule has 4 heterocycles. The summed E-state index contributed by atoms with van der Waals surface area (Å²) in [5.74, 6) is -1.70. The molecule has 12 nitrogen and oxygen atoms in total. The van der Waals surface area contributed by atoms with Crippen LogP contribution in [0, 0.1) is 6.92 Å². The number of hydrogen-bond donors (Lipinski definition) is 0. The van der Waals surface area contributed by atoms with Crippen molar-refractivity contribution in [1.82, 2.24) is 25.0 Å². The predicted molar refractivity (Wildman–Crippen MR) is 139 cm³/mol. The van der Waals surface area contributed by atoms with Crippen LogP contribution in [0.25, 0.3) is 11.4 Å². The summed E-state index contributed by atoms with van der Waals surface area (Å²) in [6, 6.07) is 0.953. The third-order valence-electron chi connectivity index (χ3n) is 5.30. The maximum Gasteiger partial charge on any atom is 0.303 e. The molecule has 0 saturated carbocycles. The van der Waals surface area contributed by atoms with Crippen LogP contribution in [0.15, 0.2) is 39.4 Å². The van der Waals surface area contributed by atoms with Gasteiger partial charge in [-0.25, -0.2) is 9.67 Å². The number of esters is 3. The van der Waals surface area contributed by atoms with E-state index in [4.69, 9.17) is 18.9 Å². The minimum Gasteiger partial charge on any atom is -0.463 e. The molecule has 3 aromatic heterocycles. The highest BCUT2D eigenvalue weighted by atomic mass is 79.9. The van der Waals surface area contributed by atoms with E-state index < -0.39 is 47.7 Å². The van der Waals surface area contributed by atoms with E-state index >= 15 is 0 Å². The van der Waals surface area contributed by atoms with Gasteiger partial charge in [0.2, 0.25) is 0 Å². The minimum absolute atomic E-state index is 0.211. The summed E-state index contributed by atoms with van der Waals surface area (Å²) in [6.45, 7) is 5.46. The van der Waals surface area contributed by atoms with Crippen LogP contribution in [-0.4, -0.2) is 73.2 Å². The summed E-state index contributed by atoms with van der Waals surface area (Å²) in [4.78, 5) is 45.4. The molecule has 0 bridgehead atoms. The monoisotopic (exact) mass is 625 g/mol. The maximum absolute atomic E-state index is 12.3. The van der Waals surface area contributed by atoms with Crippen LogP contribution in [0.4, 0.5) is 0 Å². The van der Waals surface area contributed by atoms with Crippen LogP contribution in [0.5, 0.6) is 0 Å². The summed E-state index contributed by atoms with van der Waals surface area (Å²) >= 11 is 6.12. The first kappa shape index (κ1) is 28.1. The number of rotatable bonds is 8. The van der Waals surface area contributed by atoms with Gasteiger partial charge >= 0.3 is 17.9 Å². The molecule has 38 heavy (non-hydrogen) atoms. The zero-order valence-electron chi connectivity index (χ0n) is 20.8. The standard InChI is InChI=1S/C23H24BrN5O7S2/c1-11-26-18(10-37-11)17-8-29(28-27-17)20-21(34-13(3)31)19(9-33-12(2)30)36-23(22(20)35-14(4)32)38-16-5-15(24)6-25-7-16/h5-8,10,19-23H,9H2,1-4H3/t19-,20+,21+,22-,23-/m1/s1. The number of carbonyl (C=O) groups is 3. The van der Waals surface area contributed by atoms with Crippen molar-refractivity contribution in [2.24, 2.45) is 0 Å². The highest BCUT2D eigenvalue weighted by Crippen LogP contribution is 2.41. The van der Waals surface area contributed by atoms with Crippen LogP contribution in [0.1, 0.15) is 31.8 Å². The predicted octanol–water partition coefficient (Wildman–Crippen LogP) is 3.35. The van der Waals surface area contributed by atoms with Crippen molar-refractivity contribution < 1.29 is 33.3 Å². The molecule has 0 aliphatic carbocycles. The van der Waals surface area contributed by atoms with Crippen molar-refractivity contribution >= 4 is 56.9 Å². The molecule has 1 aliphatic heterocycles. The second-order valence-electron chi connectivity index (χ2n) is 8.28. The first-order chi connectivity index (χ1) is 18.1. The molecule has 4 rings (SSSR count). The van der Waals surface area contributed by atoms with Gasteiger partial charge in [-0.1, -0.05) is 17.0 Å². The van der Waals surface area contributed by atoms with E-state index in [0.29, 0.717) is 11.4 Å². The average molecular weight is 627 g/mol. The van der Waals surface area contributed by atoms with E-state index in [1.54, 1.807) is 18.6 Å². The Morgan fingerprint density at radius 1 is 1.11 bits per heavy atom. The molecule has 1 fully saturated rings. The van der Waals surface area contributed by atoms with Crippen molar-refractivity contribution in [3.63, 3.8) is 0 Å². The van der Waals surface area contributed by atoms with Crippen LogP contribution in [0.3, 0.4) is 0 Å². The zero-order valence-corrected chi connectivity index (χ0v) is 24.0. The first-order valence-electron chi connectivity index (χ1n) is 11.4. The Labute approximate surface area is 234 Å². The van der Waals surface area contributed by atoms with Gasteiger partial charge in [0.1, 0.15) is 35.6 Å². The highest BCUT2D eigenvalue weighted by molar-refractivity contribution is 9.10. The normalized spacial score (nSPS) is 23.0. The SMILES string of the molecule is CC(=O)OC[C@H]1O[C@H](Sc2cncc(Br)c2)[C@H](OC(C)=O)[C@@H](n2cc(-c3csc(C)n3)nn2)[C@H]1OC(C)=O. The van der Waals surface area contributed by atoms with E-state index in [1.807, 2.05) is 18.4 Å². The molecule has 1 aliphatic rings. The second kappa shape index (κ2) is 12.3. The fourth-order valence-electron chi connectivity index (χ4n) is 3.89. The van der Waals surface area contributed by atoms with Crippen LogP contribution in [0.2, 0.25) is 0 Å². The molecule has 15 heteroatoms. The Kier molecular flexibility index (Phi) is 9.12. The second-order valence-corrected chi connectivity index (χ2v) is 11.4. The number of halogens is 1. The fourth-order valence-corrected chi connectivity index (χ4v) is 6.15. The smallest absolute Gasteiger partial charge is 0.303 e. The van der Waals surface area contributed by atoms with E-state index in [9.17, 15) is 14.4 Å². The molecular weight excluding hydrogens is 602 g/mol. The number of thiazole rings is 1. The van der Waals surface area contributed by atoms with Crippen LogP contribution < -0.4 is 0 Å². The van der Waals surface area contributed by atoms with Gasteiger partial charge in [-0.05, 0) is 28.9 Å². The lowest BCUT2D eigenvalue weighted by atomic mass is 9.96. The Balaban J connectivity index is 1.79. The van der Waals surface area contributed by atoms with Crippen molar-refractivity contribution in [3.8, 4) is 11.4 Å². The molecule has 0 amide bonds. The van der Waals surface area contributed by atoms with E-state index in [2.05, 4.69) is 36.2 Å². The average Bonchev–Trinajstić information content (AvgIpc) is 3.48. The molecule has 0 aromatic carbocycles. The number of hydrogen-bond acceptors (Lipinski definition) is 13. The third-order valence-corrected chi connectivity index (χ3v) is 7.62. The van der Waals surface area contributed by atoms with Gasteiger partial charge in [0.25, 0.3) is 0 Å². The topological polar surface area (TPSA) is 145 Å². The Hall–Kier alpha value is -2.88. The number of ether oxygens (including phenoxy) is 4. The number of aromatic nitrogens is 5. The Bertz CT molecular complexity index is 1320. The number of thioether (sulfide) groups is 1. The van der Waals surface area contributed by atoms with Crippen LogP contribution >= 0.6 is 39.0 Å². The fraction of sp³-hybridized carbons (Fsp3) is 0.435. The van der Waals surface area contributed by atoms with E-state index in [1.165, 1.54) is 48.6 Å². The molecule has 0 N–H and O–H groups in total. The summed E-state index contributed by atoms with van der Waals surface area (Å²) in [5.41, 5.74) is 0.295. The van der Waals surface area contributed by atoms with Crippen molar-refractivity contribution in [2.75, 3.05) is 6.61 Å². The Morgan fingerprint density at radius 3 is 2.47 bits per heavy atom. The van der Waals surface area contributed by atoms with Gasteiger partial charge in [-0.15, -0.1) is 16.4 Å². The quantitative estimate of drug-likeness (QED) is 0.267. The van der Waals surface area contributed by atoms with Crippen molar-refractivity contribution in [1.29, 1.82) is 0 Å². The molecule has 1 saturated heterocycles. The lowest BCUT2D eigenvalue weighted by Gasteiger charge is -2.44. The first-order valence-corrected chi connectivity index (χ1v) is 13.9. The van der Waals surface area contributed by atoms with Gasteiger partial charge in [0.15, 0.2) is 12.2 Å². The molecule has 0 unspecified atom stereocenters. The van der Waals surface area contributed by atoms with Crippen LogP contribution in [-0.2, 0) is 33.3 Å². The lowest BCUT2D eigenvalue weighted by Crippen LogP contribution is -2.57. The number of carbonyl (C=O) groups excluding carboxylic acids is 3. The number of aryl methyl sites for hydroxylation is 1. The molecule has 3 aromatic rings. The summed E-state index contributed by atoms with van der Waals surface area (Å²) in [5, 5.41) is 11.2. The number of pyridine rings is 1. The molecular formula is C23H24BrN5O7S2. The lowest BCUT2D eigenvalue weighted by molar-refractivity contribution is -0.212. The third kappa shape index (κ3) is 6.95. The highest BCUT2D eigenvalue weighted by Gasteiger charge is 2.52. The van der Waals surface area contributed by atoms with Crippen molar-refractivity contribution in [3.05, 3.63) is 39.5 Å². The Morgan fingerprint density at radius 2 is 1.84 bits per heavy atom. The minimum atomic E-state index is -1.04. The van der Waals surface area contributed by atoms with Gasteiger partial charge in [-0.2, -0.15) is 0 Å². The van der Waals surface area contributed by atoms with Crippen molar-refractivity contribution in [2.45, 2.75) is 62.4 Å². The summed E-state index contributed by atoms with van der Waals surface area (Å²) in [6.07, 6.45) is 1.97. The van der Waals surface area contributed by atoms with Gasteiger partial charge in [-0.3, -0.25) is 19.4 Å². The molecule has 0 spiro atoms. The molecule has 5 atom stereocenters. The zero-order chi connectivity index (χ0) is 27.4. The van der Waals surface area contributed by atoms with Gasteiger partial charge < -0.3 is 18.9 Å². The van der Waals surface area contributed by atoms with Gasteiger partial charge in [0, 0.05) is 47.9 Å². The maximum atomic E-state index is 12.3. The largest absolute Gasteiger partial charge is 0.463 e. The van der Waals surface area contributed by atoms with E-state index in [0.717, 1.165) is 14.4 Å².